The summed E-state index contributed by atoms with van der Waals surface area (Å²) in [5.74, 6) is 0.312. The molecule has 1 aliphatic rings. The SMILES string of the molecule is NC(N)=NC(=O)NCc1cccc(-c2cnc(NC3CCC(O)CC3)nc2)c1. The molecule has 1 saturated carbocycles. The molecule has 9 heteroatoms. The van der Waals surface area contributed by atoms with Crippen LogP contribution in [0.1, 0.15) is 31.2 Å². The summed E-state index contributed by atoms with van der Waals surface area (Å²) in [5.41, 5.74) is 13.1. The molecule has 0 spiro atoms. The van der Waals surface area contributed by atoms with Crippen molar-refractivity contribution in [1.29, 1.82) is 0 Å². The fourth-order valence-electron chi connectivity index (χ4n) is 3.15. The summed E-state index contributed by atoms with van der Waals surface area (Å²) >= 11 is 0. The second-order valence-corrected chi connectivity index (χ2v) is 6.84. The van der Waals surface area contributed by atoms with Gasteiger partial charge in [0.2, 0.25) is 5.95 Å². The number of hydrogen-bond donors (Lipinski definition) is 5. The van der Waals surface area contributed by atoms with E-state index in [1.807, 2.05) is 24.3 Å². The molecule has 148 valence electrons. The molecule has 3 rings (SSSR count). The number of carbonyl (C=O) groups is 1. The van der Waals surface area contributed by atoms with Crippen LogP contribution in [0.25, 0.3) is 11.1 Å². The highest BCUT2D eigenvalue weighted by Crippen LogP contribution is 2.22. The van der Waals surface area contributed by atoms with Gasteiger partial charge < -0.3 is 27.2 Å². The number of nitrogens with one attached hydrogen (secondary N) is 2. The van der Waals surface area contributed by atoms with E-state index >= 15 is 0 Å². The van der Waals surface area contributed by atoms with E-state index in [4.69, 9.17) is 11.5 Å². The van der Waals surface area contributed by atoms with Crippen molar-refractivity contribution in [3.8, 4) is 11.1 Å². The number of guanidine groups is 1. The average Bonchev–Trinajstić information content (AvgIpc) is 2.68. The molecule has 2 aromatic rings. The second-order valence-electron chi connectivity index (χ2n) is 6.84. The van der Waals surface area contributed by atoms with Gasteiger partial charge in [0.15, 0.2) is 5.96 Å². The minimum Gasteiger partial charge on any atom is -0.393 e. The molecular formula is C19H25N7O2. The number of nitrogens with zero attached hydrogens (tertiary/aromatic N) is 3. The molecule has 0 aliphatic heterocycles. The third kappa shape index (κ3) is 5.65. The number of nitrogens with two attached hydrogens (primary N) is 2. The van der Waals surface area contributed by atoms with Crippen LogP contribution in [0.2, 0.25) is 0 Å². The van der Waals surface area contributed by atoms with Gasteiger partial charge in [0, 0.05) is 30.5 Å². The molecular weight excluding hydrogens is 358 g/mol. The van der Waals surface area contributed by atoms with Crippen molar-refractivity contribution < 1.29 is 9.90 Å². The Labute approximate surface area is 163 Å². The number of hydrogen-bond acceptors (Lipinski definition) is 5. The van der Waals surface area contributed by atoms with Crippen LogP contribution in [0.5, 0.6) is 0 Å². The number of rotatable bonds is 5. The monoisotopic (exact) mass is 383 g/mol. The molecule has 1 fully saturated rings. The third-order valence-corrected chi connectivity index (χ3v) is 4.62. The normalized spacial score (nSPS) is 18.9. The lowest BCUT2D eigenvalue weighted by Gasteiger charge is -2.26. The molecule has 7 N–H and O–H groups in total. The fourth-order valence-corrected chi connectivity index (χ4v) is 3.15. The lowest BCUT2D eigenvalue weighted by molar-refractivity contribution is 0.126. The highest BCUT2D eigenvalue weighted by Gasteiger charge is 2.19. The smallest absolute Gasteiger partial charge is 0.344 e. The first-order valence-corrected chi connectivity index (χ1v) is 9.23. The molecule has 1 aromatic heterocycles. The number of aromatic nitrogens is 2. The third-order valence-electron chi connectivity index (χ3n) is 4.62. The number of benzene rings is 1. The predicted molar refractivity (Wildman–Crippen MR) is 107 cm³/mol. The molecule has 0 bridgehead atoms. The summed E-state index contributed by atoms with van der Waals surface area (Å²) in [7, 11) is 0. The predicted octanol–water partition coefficient (Wildman–Crippen LogP) is 1.34. The summed E-state index contributed by atoms with van der Waals surface area (Å²) in [6.45, 7) is 0.303. The number of aliphatic hydroxyl groups excluding tert-OH is 1. The quantitative estimate of drug-likeness (QED) is 0.386. The molecule has 9 nitrogen and oxygen atoms in total. The van der Waals surface area contributed by atoms with E-state index in [1.165, 1.54) is 0 Å². The van der Waals surface area contributed by atoms with Gasteiger partial charge in [0.1, 0.15) is 0 Å². The van der Waals surface area contributed by atoms with Crippen LogP contribution in [0.15, 0.2) is 41.7 Å². The zero-order chi connectivity index (χ0) is 19.9. The van der Waals surface area contributed by atoms with Gasteiger partial charge in [-0.1, -0.05) is 18.2 Å². The van der Waals surface area contributed by atoms with Crippen molar-refractivity contribution >= 4 is 17.9 Å². The van der Waals surface area contributed by atoms with Gasteiger partial charge >= 0.3 is 6.03 Å². The topological polar surface area (TPSA) is 152 Å². The van der Waals surface area contributed by atoms with Gasteiger partial charge in [-0.05, 0) is 42.9 Å². The number of urea groups is 1. The van der Waals surface area contributed by atoms with E-state index < -0.39 is 6.03 Å². The summed E-state index contributed by atoms with van der Waals surface area (Å²) in [6.07, 6.45) is 6.80. The van der Waals surface area contributed by atoms with Crippen LogP contribution in [0.4, 0.5) is 10.7 Å². The number of carbonyl (C=O) groups excluding carboxylic acids is 1. The standard InChI is InChI=1S/C19H25N7O2/c20-17(21)26-19(28)24-9-12-2-1-3-13(8-12)14-10-22-18(23-11-14)25-15-4-6-16(27)7-5-15/h1-3,8,10-11,15-16,27H,4-7,9H2,(H,22,23,25)(H5,20,21,24,26,28). The first kappa shape index (κ1) is 19.6. The van der Waals surface area contributed by atoms with Crippen LogP contribution >= 0.6 is 0 Å². The minimum absolute atomic E-state index is 0.183. The van der Waals surface area contributed by atoms with E-state index in [1.54, 1.807) is 12.4 Å². The van der Waals surface area contributed by atoms with Crippen molar-refractivity contribution in [2.75, 3.05) is 5.32 Å². The molecule has 0 radical (unpaired) electrons. The summed E-state index contributed by atoms with van der Waals surface area (Å²) in [4.78, 5) is 23.7. The van der Waals surface area contributed by atoms with Gasteiger partial charge in [0.05, 0.1) is 6.10 Å². The fraction of sp³-hybridized carbons (Fsp3) is 0.368. The minimum atomic E-state index is -0.584. The zero-order valence-electron chi connectivity index (χ0n) is 15.5. The molecule has 0 saturated heterocycles. The first-order valence-electron chi connectivity index (χ1n) is 9.23. The van der Waals surface area contributed by atoms with Gasteiger partial charge in [-0.3, -0.25) is 0 Å². The summed E-state index contributed by atoms with van der Waals surface area (Å²) in [5, 5.41) is 15.5. The Morgan fingerprint density at radius 3 is 2.54 bits per heavy atom. The van der Waals surface area contributed by atoms with Crippen molar-refractivity contribution in [2.24, 2.45) is 16.5 Å². The molecule has 0 unspecified atom stereocenters. The average molecular weight is 383 g/mol. The van der Waals surface area contributed by atoms with Crippen molar-refractivity contribution in [3.63, 3.8) is 0 Å². The zero-order valence-corrected chi connectivity index (χ0v) is 15.5. The first-order chi connectivity index (χ1) is 13.5. The Kier molecular flexibility index (Phi) is 6.38. The van der Waals surface area contributed by atoms with Crippen molar-refractivity contribution in [1.82, 2.24) is 15.3 Å². The molecule has 0 atom stereocenters. The van der Waals surface area contributed by atoms with E-state index in [2.05, 4.69) is 25.6 Å². The van der Waals surface area contributed by atoms with Gasteiger partial charge in [-0.15, -0.1) is 0 Å². The van der Waals surface area contributed by atoms with Crippen molar-refractivity contribution in [3.05, 3.63) is 42.2 Å². The molecule has 28 heavy (non-hydrogen) atoms. The summed E-state index contributed by atoms with van der Waals surface area (Å²) in [6, 6.07) is 7.41. The van der Waals surface area contributed by atoms with Gasteiger partial charge in [-0.25, -0.2) is 14.8 Å². The lowest BCUT2D eigenvalue weighted by atomic mass is 9.93. The number of aliphatic imine (C=N–C) groups is 1. The summed E-state index contributed by atoms with van der Waals surface area (Å²) < 4.78 is 0. The Balaban J connectivity index is 1.60. The van der Waals surface area contributed by atoms with Crippen LogP contribution in [-0.4, -0.2) is 39.2 Å². The number of aliphatic hydroxyl groups is 1. The number of amides is 2. The van der Waals surface area contributed by atoms with Crippen molar-refractivity contribution in [2.45, 2.75) is 44.4 Å². The van der Waals surface area contributed by atoms with Crippen LogP contribution in [0.3, 0.4) is 0 Å². The van der Waals surface area contributed by atoms with E-state index in [0.717, 1.165) is 42.4 Å². The Hall–Kier alpha value is -3.20. The molecule has 2 amide bonds. The Bertz CT molecular complexity index is 826. The van der Waals surface area contributed by atoms with Gasteiger partial charge in [0.25, 0.3) is 0 Å². The Morgan fingerprint density at radius 2 is 1.86 bits per heavy atom. The van der Waals surface area contributed by atoms with E-state index in [0.29, 0.717) is 18.5 Å². The lowest BCUT2D eigenvalue weighted by Crippen LogP contribution is -2.28. The maximum absolute atomic E-state index is 11.5. The maximum Gasteiger partial charge on any atom is 0.344 e. The van der Waals surface area contributed by atoms with Crippen LogP contribution in [0, 0.1) is 0 Å². The van der Waals surface area contributed by atoms with Crippen LogP contribution in [-0.2, 0) is 6.54 Å². The van der Waals surface area contributed by atoms with E-state index in [9.17, 15) is 9.90 Å². The highest BCUT2D eigenvalue weighted by molar-refractivity contribution is 5.90. The number of anilines is 1. The van der Waals surface area contributed by atoms with E-state index in [-0.39, 0.29) is 12.1 Å². The van der Waals surface area contributed by atoms with Gasteiger partial charge in [-0.2, -0.15) is 4.99 Å². The molecule has 1 aliphatic carbocycles. The maximum atomic E-state index is 11.5. The largest absolute Gasteiger partial charge is 0.393 e. The molecule has 1 aromatic carbocycles. The highest BCUT2D eigenvalue weighted by atomic mass is 16.3. The van der Waals surface area contributed by atoms with Crippen LogP contribution < -0.4 is 22.1 Å². The molecule has 1 heterocycles. The Morgan fingerprint density at radius 1 is 1.14 bits per heavy atom. The second kappa shape index (κ2) is 9.14.